The first-order valence-corrected chi connectivity index (χ1v) is 3.93. The van der Waals surface area contributed by atoms with Gasteiger partial charge in [0.25, 0.3) is 11.8 Å². The van der Waals surface area contributed by atoms with E-state index in [1.807, 2.05) is 5.32 Å². The average Bonchev–Trinajstić information content (AvgIpc) is 1.82. The van der Waals surface area contributed by atoms with Gasteiger partial charge in [-0.05, 0) is 20.8 Å². The van der Waals surface area contributed by atoms with Crippen molar-refractivity contribution in [2.24, 2.45) is 0 Å². The summed E-state index contributed by atoms with van der Waals surface area (Å²) >= 11 is 0. The number of carbonyl (C=O) groups excluding carboxylic acids is 1. The zero-order valence-corrected chi connectivity index (χ0v) is 8.12. The van der Waals surface area contributed by atoms with Crippen molar-refractivity contribution in [2.45, 2.75) is 45.3 Å². The predicted molar refractivity (Wildman–Crippen MR) is 43.4 cm³/mol. The fourth-order valence-electron chi connectivity index (χ4n) is 0.495. The smallest absolute Gasteiger partial charge is 0.264 e. The van der Waals surface area contributed by atoms with Crippen LogP contribution in [0, 0.1) is 0 Å². The highest BCUT2D eigenvalue weighted by Crippen LogP contribution is 2.18. The third kappa shape index (κ3) is 4.15. The third-order valence-corrected chi connectivity index (χ3v) is 1.65. The molecule has 0 aliphatic carbocycles. The third-order valence-electron chi connectivity index (χ3n) is 1.65. The Bertz CT molecular complexity index is 193. The second-order valence-corrected chi connectivity index (χ2v) is 3.62. The fraction of sp³-hybridized carbons (Fsp3) is 0.875. The van der Waals surface area contributed by atoms with Crippen molar-refractivity contribution >= 4 is 5.91 Å². The first-order valence-electron chi connectivity index (χ1n) is 3.93. The van der Waals surface area contributed by atoms with Crippen LogP contribution >= 0.6 is 0 Å². The minimum absolute atomic E-state index is 0.670. The van der Waals surface area contributed by atoms with Crippen LogP contribution in [-0.4, -0.2) is 23.5 Å². The normalized spacial score (nSPS) is 15.3. The maximum Gasteiger partial charge on any atom is 0.264 e. The highest BCUT2D eigenvalue weighted by Gasteiger charge is 2.35. The predicted octanol–water partition coefficient (Wildman–Crippen LogP) is 1.89. The van der Waals surface area contributed by atoms with E-state index >= 15 is 0 Å². The molecule has 0 aromatic rings. The molecular formula is C8H14F3NO. The van der Waals surface area contributed by atoms with E-state index in [1.165, 1.54) is 0 Å². The van der Waals surface area contributed by atoms with E-state index in [1.54, 1.807) is 0 Å². The second kappa shape index (κ2) is 3.55. The van der Waals surface area contributed by atoms with Crippen LogP contribution in [0.2, 0.25) is 0 Å². The van der Waals surface area contributed by atoms with Crippen molar-refractivity contribution in [3.63, 3.8) is 0 Å². The quantitative estimate of drug-likeness (QED) is 0.735. The molecule has 13 heavy (non-hydrogen) atoms. The summed E-state index contributed by atoms with van der Waals surface area (Å²) in [5.41, 5.74) is -2.13. The molecule has 0 aliphatic rings. The van der Waals surface area contributed by atoms with E-state index in [0.717, 1.165) is 20.8 Å². The van der Waals surface area contributed by atoms with Crippen LogP contribution in [0.3, 0.4) is 0 Å². The minimum atomic E-state index is -3.04. The van der Waals surface area contributed by atoms with Crippen molar-refractivity contribution in [2.75, 3.05) is 0 Å². The van der Waals surface area contributed by atoms with E-state index in [-0.39, 0.29) is 0 Å². The van der Waals surface area contributed by atoms with Crippen molar-refractivity contribution in [1.82, 2.24) is 5.32 Å². The molecule has 0 aromatic carbocycles. The number of hydrogen-bond acceptors (Lipinski definition) is 1. The lowest BCUT2D eigenvalue weighted by Crippen LogP contribution is -2.49. The van der Waals surface area contributed by atoms with Gasteiger partial charge in [0.1, 0.15) is 0 Å². The van der Waals surface area contributed by atoms with Gasteiger partial charge in [-0.2, -0.15) is 0 Å². The Morgan fingerprint density at radius 2 is 1.62 bits per heavy atom. The number of nitrogens with one attached hydrogen (secondary N) is 1. The summed E-state index contributed by atoms with van der Waals surface area (Å²) in [7, 11) is 0. The highest BCUT2D eigenvalue weighted by atomic mass is 19.3. The lowest BCUT2D eigenvalue weighted by Gasteiger charge is -2.23. The van der Waals surface area contributed by atoms with Gasteiger partial charge in [-0.3, -0.25) is 4.79 Å². The molecule has 0 saturated heterocycles. The van der Waals surface area contributed by atoms with Crippen LogP contribution in [0.4, 0.5) is 13.2 Å². The van der Waals surface area contributed by atoms with Crippen molar-refractivity contribution in [3.05, 3.63) is 0 Å². The fourth-order valence-corrected chi connectivity index (χ4v) is 0.495. The SMILES string of the molecule is CC(NC(=O)C(C)(C)F)C(C)(F)F. The minimum Gasteiger partial charge on any atom is -0.345 e. The first kappa shape index (κ1) is 12.3. The van der Waals surface area contributed by atoms with Gasteiger partial charge < -0.3 is 5.32 Å². The van der Waals surface area contributed by atoms with E-state index in [2.05, 4.69) is 0 Å². The number of amides is 1. The maximum atomic E-state index is 12.9. The summed E-state index contributed by atoms with van der Waals surface area (Å²) in [5.74, 6) is -4.07. The summed E-state index contributed by atoms with van der Waals surface area (Å²) in [6.07, 6.45) is 0. The van der Waals surface area contributed by atoms with Gasteiger partial charge in [0.2, 0.25) is 0 Å². The molecule has 0 saturated carbocycles. The zero-order valence-electron chi connectivity index (χ0n) is 8.12. The van der Waals surface area contributed by atoms with Crippen LogP contribution in [0.1, 0.15) is 27.7 Å². The summed E-state index contributed by atoms with van der Waals surface area (Å²) in [4.78, 5) is 10.9. The molecule has 0 spiro atoms. The summed E-state index contributed by atoms with van der Waals surface area (Å²) < 4.78 is 37.9. The molecule has 0 radical (unpaired) electrons. The molecular weight excluding hydrogens is 183 g/mol. The van der Waals surface area contributed by atoms with Gasteiger partial charge in [0, 0.05) is 6.92 Å². The summed E-state index contributed by atoms with van der Waals surface area (Å²) in [6, 6.07) is -1.37. The molecule has 2 nitrogen and oxygen atoms in total. The number of halogens is 3. The second-order valence-electron chi connectivity index (χ2n) is 3.62. The lowest BCUT2D eigenvalue weighted by molar-refractivity contribution is -0.134. The molecule has 1 amide bonds. The molecule has 0 aliphatic heterocycles. The van der Waals surface area contributed by atoms with Gasteiger partial charge >= 0.3 is 0 Å². The van der Waals surface area contributed by atoms with Crippen molar-refractivity contribution in [3.8, 4) is 0 Å². The topological polar surface area (TPSA) is 29.1 Å². The molecule has 5 heteroatoms. The molecule has 0 bridgehead atoms. The summed E-state index contributed by atoms with van der Waals surface area (Å²) in [5, 5.41) is 1.90. The number of carbonyl (C=O) groups is 1. The van der Waals surface area contributed by atoms with Gasteiger partial charge in [-0.1, -0.05) is 0 Å². The Morgan fingerprint density at radius 1 is 1.23 bits per heavy atom. The number of alkyl halides is 3. The van der Waals surface area contributed by atoms with E-state index in [0.29, 0.717) is 6.92 Å². The van der Waals surface area contributed by atoms with Crippen molar-refractivity contribution in [1.29, 1.82) is 0 Å². The molecule has 1 atom stereocenters. The molecule has 78 valence electrons. The number of rotatable bonds is 3. The molecule has 0 rings (SSSR count). The molecule has 1 unspecified atom stereocenters. The highest BCUT2D eigenvalue weighted by molar-refractivity contribution is 5.84. The Balaban J connectivity index is 4.24. The van der Waals surface area contributed by atoms with Gasteiger partial charge in [-0.15, -0.1) is 0 Å². The monoisotopic (exact) mass is 197 g/mol. The average molecular weight is 197 g/mol. The van der Waals surface area contributed by atoms with Crippen LogP contribution in [0.25, 0.3) is 0 Å². The van der Waals surface area contributed by atoms with Crippen LogP contribution in [0.15, 0.2) is 0 Å². The number of hydrogen-bond donors (Lipinski definition) is 1. The molecule has 1 N–H and O–H groups in total. The van der Waals surface area contributed by atoms with Crippen molar-refractivity contribution < 1.29 is 18.0 Å². The van der Waals surface area contributed by atoms with Crippen LogP contribution in [0.5, 0.6) is 0 Å². The van der Waals surface area contributed by atoms with E-state index in [9.17, 15) is 18.0 Å². The summed E-state index contributed by atoms with van der Waals surface area (Å²) in [6.45, 7) is 3.83. The van der Waals surface area contributed by atoms with E-state index < -0.39 is 23.5 Å². The molecule has 0 heterocycles. The van der Waals surface area contributed by atoms with Gasteiger partial charge in [0.05, 0.1) is 6.04 Å². The molecule has 0 aromatic heterocycles. The van der Waals surface area contributed by atoms with Gasteiger partial charge in [0.15, 0.2) is 5.67 Å². The van der Waals surface area contributed by atoms with Crippen LogP contribution in [-0.2, 0) is 4.79 Å². The Labute approximate surface area is 75.5 Å². The zero-order chi connectivity index (χ0) is 10.9. The lowest BCUT2D eigenvalue weighted by atomic mass is 10.1. The van der Waals surface area contributed by atoms with E-state index in [4.69, 9.17) is 0 Å². The molecule has 0 fully saturated rings. The van der Waals surface area contributed by atoms with Gasteiger partial charge in [-0.25, -0.2) is 13.2 Å². The Hall–Kier alpha value is -0.740. The first-order chi connectivity index (χ1) is 5.55. The Morgan fingerprint density at radius 3 is 1.85 bits per heavy atom. The van der Waals surface area contributed by atoms with Crippen LogP contribution < -0.4 is 5.32 Å². The maximum absolute atomic E-state index is 12.9. The standard InChI is InChI=1S/C8H14F3NO/c1-5(8(4,10)11)12-6(13)7(2,3)9/h5H,1-4H3,(H,12,13). The Kier molecular flexibility index (Phi) is 3.35. The largest absolute Gasteiger partial charge is 0.345 e.